The van der Waals surface area contributed by atoms with Gasteiger partial charge in [0.15, 0.2) is 0 Å². The Labute approximate surface area is 130 Å². The number of imide groups is 1. The molecule has 22 heavy (non-hydrogen) atoms. The van der Waals surface area contributed by atoms with E-state index in [1.807, 2.05) is 0 Å². The third kappa shape index (κ3) is 1.96. The molecule has 110 valence electrons. The van der Waals surface area contributed by atoms with E-state index in [-0.39, 0.29) is 16.8 Å². The first-order valence-electron chi connectivity index (χ1n) is 6.34. The smallest absolute Gasteiger partial charge is 0.268 e. The summed E-state index contributed by atoms with van der Waals surface area (Å²) in [6, 6.07) is 8.73. The van der Waals surface area contributed by atoms with Crippen LogP contribution in [-0.2, 0) is 0 Å². The molecule has 0 N–H and O–H groups in total. The molecule has 0 fully saturated rings. The largest absolute Gasteiger partial charge is 0.283 e. The van der Waals surface area contributed by atoms with Crippen LogP contribution in [0.15, 0.2) is 36.4 Å². The lowest BCUT2D eigenvalue weighted by atomic mass is 10.1. The summed E-state index contributed by atoms with van der Waals surface area (Å²) in [5, 5.41) is 11.5. The van der Waals surface area contributed by atoms with Crippen molar-refractivity contribution in [3.63, 3.8) is 0 Å². The first kappa shape index (κ1) is 14.2. The average Bonchev–Trinajstić information content (AvgIpc) is 2.72. The van der Waals surface area contributed by atoms with Gasteiger partial charge in [0, 0.05) is 11.1 Å². The first-order chi connectivity index (χ1) is 10.4. The minimum absolute atomic E-state index is 0.0357. The summed E-state index contributed by atoms with van der Waals surface area (Å²) in [7, 11) is 0. The Morgan fingerprint density at radius 2 is 1.86 bits per heavy atom. The molecule has 2 amide bonds. The number of carbonyl (C=O) groups excluding carboxylic acids is 2. The minimum atomic E-state index is -0.697. The number of nitrogens with zero attached hydrogens (tertiary/aromatic N) is 2. The second kappa shape index (κ2) is 4.92. The van der Waals surface area contributed by atoms with E-state index in [9.17, 15) is 19.7 Å². The predicted molar refractivity (Wildman–Crippen MR) is 80.4 cm³/mol. The van der Waals surface area contributed by atoms with Crippen LogP contribution in [-0.4, -0.2) is 16.7 Å². The molecule has 0 bridgehead atoms. The molecule has 1 aliphatic heterocycles. The lowest BCUT2D eigenvalue weighted by Crippen LogP contribution is -2.30. The summed E-state index contributed by atoms with van der Waals surface area (Å²) in [4.78, 5) is 36.4. The van der Waals surface area contributed by atoms with Gasteiger partial charge in [0.2, 0.25) is 0 Å². The van der Waals surface area contributed by atoms with Crippen molar-refractivity contribution >= 4 is 34.8 Å². The molecule has 6 nitrogen and oxygen atoms in total. The van der Waals surface area contributed by atoms with Gasteiger partial charge in [-0.15, -0.1) is 0 Å². The van der Waals surface area contributed by atoms with Crippen molar-refractivity contribution in [2.24, 2.45) is 0 Å². The van der Waals surface area contributed by atoms with Crippen molar-refractivity contribution in [1.82, 2.24) is 0 Å². The van der Waals surface area contributed by atoms with Gasteiger partial charge in [-0.2, -0.15) is 0 Å². The van der Waals surface area contributed by atoms with Crippen LogP contribution < -0.4 is 4.90 Å². The fraction of sp³-hybridized carbons (Fsp3) is 0.0667. The van der Waals surface area contributed by atoms with Gasteiger partial charge in [-0.05, 0) is 36.8 Å². The monoisotopic (exact) mass is 316 g/mol. The molecule has 1 heterocycles. The maximum absolute atomic E-state index is 12.5. The van der Waals surface area contributed by atoms with E-state index in [2.05, 4.69) is 0 Å². The number of benzene rings is 2. The van der Waals surface area contributed by atoms with Gasteiger partial charge in [-0.1, -0.05) is 17.7 Å². The van der Waals surface area contributed by atoms with Crippen molar-refractivity contribution in [2.75, 3.05) is 4.90 Å². The van der Waals surface area contributed by atoms with Crippen molar-refractivity contribution in [2.45, 2.75) is 6.92 Å². The number of aryl methyl sites for hydroxylation is 1. The van der Waals surface area contributed by atoms with E-state index >= 15 is 0 Å². The maximum Gasteiger partial charge on any atom is 0.283 e. The Kier molecular flexibility index (Phi) is 3.18. The summed E-state index contributed by atoms with van der Waals surface area (Å²) in [5.41, 5.74) is 0.486. The number of anilines is 1. The van der Waals surface area contributed by atoms with Crippen LogP contribution in [0.5, 0.6) is 0 Å². The topological polar surface area (TPSA) is 80.5 Å². The number of hydrogen-bond donors (Lipinski definition) is 0. The highest BCUT2D eigenvalue weighted by molar-refractivity contribution is 6.36. The lowest BCUT2D eigenvalue weighted by Gasteiger charge is -2.16. The van der Waals surface area contributed by atoms with E-state index in [0.29, 0.717) is 16.3 Å². The van der Waals surface area contributed by atoms with E-state index in [1.165, 1.54) is 18.2 Å². The fourth-order valence-corrected chi connectivity index (χ4v) is 2.73. The van der Waals surface area contributed by atoms with Gasteiger partial charge in [-0.25, -0.2) is 4.90 Å². The first-order valence-corrected chi connectivity index (χ1v) is 6.72. The zero-order valence-corrected chi connectivity index (χ0v) is 12.1. The molecule has 0 aliphatic carbocycles. The zero-order chi connectivity index (χ0) is 16.0. The van der Waals surface area contributed by atoms with Crippen molar-refractivity contribution in [3.05, 3.63) is 68.2 Å². The summed E-state index contributed by atoms with van der Waals surface area (Å²) in [6.45, 7) is 1.71. The van der Waals surface area contributed by atoms with Crippen LogP contribution in [0, 0.1) is 17.0 Å². The molecular weight excluding hydrogens is 308 g/mol. The molecule has 0 saturated heterocycles. The number of rotatable bonds is 2. The summed E-state index contributed by atoms with van der Waals surface area (Å²) < 4.78 is 0. The standard InChI is InChI=1S/C15H9ClN2O4/c1-8-7-9(16)5-6-11(8)17-14(19)10-3-2-4-12(18(21)22)13(10)15(17)20/h2-7H,1H3. The van der Waals surface area contributed by atoms with Crippen LogP contribution >= 0.6 is 11.6 Å². The number of fused-ring (bicyclic) bond motifs is 1. The molecule has 0 spiro atoms. The Bertz CT molecular complexity index is 847. The lowest BCUT2D eigenvalue weighted by molar-refractivity contribution is -0.385. The third-order valence-electron chi connectivity index (χ3n) is 3.49. The van der Waals surface area contributed by atoms with Gasteiger partial charge < -0.3 is 0 Å². The maximum atomic E-state index is 12.5. The van der Waals surface area contributed by atoms with Gasteiger partial charge in [-0.3, -0.25) is 19.7 Å². The second-order valence-electron chi connectivity index (χ2n) is 4.83. The molecule has 3 rings (SSSR count). The van der Waals surface area contributed by atoms with Gasteiger partial charge in [0.05, 0.1) is 16.2 Å². The molecule has 0 atom stereocenters. The summed E-state index contributed by atoms with van der Waals surface area (Å²) in [6.07, 6.45) is 0. The van der Waals surface area contributed by atoms with E-state index in [1.54, 1.807) is 25.1 Å². The van der Waals surface area contributed by atoms with E-state index < -0.39 is 16.7 Å². The number of hydrogen-bond acceptors (Lipinski definition) is 4. The second-order valence-corrected chi connectivity index (χ2v) is 5.27. The highest BCUT2D eigenvalue weighted by Gasteiger charge is 2.42. The molecule has 0 radical (unpaired) electrons. The van der Waals surface area contributed by atoms with Gasteiger partial charge in [0.25, 0.3) is 17.5 Å². The molecular formula is C15H9ClN2O4. The summed E-state index contributed by atoms with van der Waals surface area (Å²) >= 11 is 5.87. The van der Waals surface area contributed by atoms with E-state index in [0.717, 1.165) is 4.90 Å². The minimum Gasteiger partial charge on any atom is -0.268 e. The van der Waals surface area contributed by atoms with Crippen LogP contribution in [0.3, 0.4) is 0 Å². The Morgan fingerprint density at radius 1 is 1.14 bits per heavy atom. The van der Waals surface area contributed by atoms with Gasteiger partial charge >= 0.3 is 0 Å². The molecule has 2 aromatic carbocycles. The number of carbonyl (C=O) groups is 2. The molecule has 0 saturated carbocycles. The zero-order valence-electron chi connectivity index (χ0n) is 11.4. The fourth-order valence-electron chi connectivity index (χ4n) is 2.51. The highest BCUT2D eigenvalue weighted by Crippen LogP contribution is 2.35. The quantitative estimate of drug-likeness (QED) is 0.483. The summed E-state index contributed by atoms with van der Waals surface area (Å²) in [5.74, 6) is -1.27. The van der Waals surface area contributed by atoms with Crippen LogP contribution in [0.25, 0.3) is 0 Å². The number of amides is 2. The Morgan fingerprint density at radius 3 is 2.50 bits per heavy atom. The van der Waals surface area contributed by atoms with E-state index in [4.69, 9.17) is 11.6 Å². The van der Waals surface area contributed by atoms with Crippen LogP contribution in [0.1, 0.15) is 26.3 Å². The van der Waals surface area contributed by atoms with Crippen molar-refractivity contribution in [3.8, 4) is 0 Å². The molecule has 0 unspecified atom stereocenters. The molecule has 0 aromatic heterocycles. The van der Waals surface area contributed by atoms with Crippen molar-refractivity contribution < 1.29 is 14.5 Å². The Hall–Kier alpha value is -2.73. The number of halogens is 1. The Balaban J connectivity index is 2.19. The molecule has 2 aromatic rings. The highest BCUT2D eigenvalue weighted by atomic mass is 35.5. The third-order valence-corrected chi connectivity index (χ3v) is 3.72. The predicted octanol–water partition coefficient (Wildman–Crippen LogP) is 3.36. The van der Waals surface area contributed by atoms with Gasteiger partial charge in [0.1, 0.15) is 5.56 Å². The molecule has 1 aliphatic rings. The van der Waals surface area contributed by atoms with Crippen molar-refractivity contribution in [1.29, 1.82) is 0 Å². The normalized spacial score (nSPS) is 13.5. The van der Waals surface area contributed by atoms with Crippen LogP contribution in [0.2, 0.25) is 5.02 Å². The number of nitro benzene ring substituents is 1. The average molecular weight is 317 g/mol. The van der Waals surface area contributed by atoms with Crippen LogP contribution in [0.4, 0.5) is 11.4 Å². The number of nitro groups is 1. The molecule has 7 heteroatoms. The SMILES string of the molecule is Cc1cc(Cl)ccc1N1C(=O)c2cccc([N+](=O)[O-])c2C1=O.